The lowest BCUT2D eigenvalue weighted by atomic mass is 9.92. The van der Waals surface area contributed by atoms with E-state index in [1.807, 2.05) is 0 Å². The molecule has 5 amide bonds. The number of benzene rings is 1. The zero-order valence-electron chi connectivity index (χ0n) is 13.8. The lowest BCUT2D eigenvalue weighted by Gasteiger charge is -2.22. The predicted molar refractivity (Wildman–Crippen MR) is 94.0 cm³/mol. The second kappa shape index (κ2) is 6.96. The molecular formula is C17H16N4O4S. The molecule has 0 spiro atoms. The third kappa shape index (κ3) is 3.29. The van der Waals surface area contributed by atoms with Gasteiger partial charge in [0.1, 0.15) is 5.54 Å². The van der Waals surface area contributed by atoms with Crippen molar-refractivity contribution in [3.63, 3.8) is 0 Å². The van der Waals surface area contributed by atoms with E-state index in [0.29, 0.717) is 16.1 Å². The highest BCUT2D eigenvalue weighted by atomic mass is 32.1. The van der Waals surface area contributed by atoms with Crippen molar-refractivity contribution in [1.29, 1.82) is 0 Å². The maximum absolute atomic E-state index is 12.6. The minimum Gasteiger partial charge on any atom is -0.343 e. The average molecular weight is 372 g/mol. The Morgan fingerprint density at radius 3 is 2.58 bits per heavy atom. The molecule has 1 aliphatic rings. The number of carbonyl (C=O) groups excluding carboxylic acids is 4. The first kappa shape index (κ1) is 17.6. The van der Waals surface area contributed by atoms with E-state index in [1.165, 1.54) is 11.3 Å². The number of hydrogen-bond donors (Lipinski definition) is 3. The first-order chi connectivity index (χ1) is 12.4. The van der Waals surface area contributed by atoms with Crippen molar-refractivity contribution >= 4 is 35.1 Å². The topological polar surface area (TPSA) is 108 Å². The molecule has 1 unspecified atom stereocenters. The van der Waals surface area contributed by atoms with Gasteiger partial charge in [-0.2, -0.15) is 16.3 Å². The van der Waals surface area contributed by atoms with Gasteiger partial charge in [0.2, 0.25) is 0 Å². The number of nitrogens with one attached hydrogen (secondary N) is 3. The van der Waals surface area contributed by atoms with Gasteiger partial charge in [-0.3, -0.25) is 19.8 Å². The quantitative estimate of drug-likeness (QED) is 0.680. The number of urea groups is 1. The number of imide groups is 1. The Hall–Kier alpha value is -3.20. The zero-order chi connectivity index (χ0) is 18.7. The van der Waals surface area contributed by atoms with E-state index in [0.717, 1.165) is 0 Å². The summed E-state index contributed by atoms with van der Waals surface area (Å²) in [5.74, 6) is -1.70. The first-order valence-corrected chi connectivity index (χ1v) is 8.68. The molecule has 0 bridgehead atoms. The standard InChI is InChI=1S/C17H16N4O4S/c1-17(12-5-3-2-4-6-12)15(24)21(16(25)19-17)20-13(22)9-18-14(23)11-7-8-26-10-11/h2-8,10H,9H2,1H3,(H,18,23)(H,19,25)(H,20,22). The fourth-order valence-corrected chi connectivity index (χ4v) is 3.16. The average Bonchev–Trinajstić information content (AvgIpc) is 3.25. The largest absolute Gasteiger partial charge is 0.344 e. The summed E-state index contributed by atoms with van der Waals surface area (Å²) in [4.78, 5) is 48.6. The molecule has 8 nitrogen and oxygen atoms in total. The van der Waals surface area contributed by atoms with Gasteiger partial charge in [-0.25, -0.2) is 4.79 Å². The molecule has 3 rings (SSSR count). The van der Waals surface area contributed by atoms with Crippen LogP contribution in [0.3, 0.4) is 0 Å². The number of amides is 5. The van der Waals surface area contributed by atoms with Gasteiger partial charge in [0.25, 0.3) is 17.7 Å². The summed E-state index contributed by atoms with van der Waals surface area (Å²) in [5.41, 5.74) is 1.99. The van der Waals surface area contributed by atoms with Crippen LogP contribution in [0.15, 0.2) is 47.2 Å². The maximum atomic E-state index is 12.6. The minimum atomic E-state index is -1.27. The summed E-state index contributed by atoms with van der Waals surface area (Å²) in [5, 5.41) is 9.03. The van der Waals surface area contributed by atoms with Crippen LogP contribution in [0.5, 0.6) is 0 Å². The van der Waals surface area contributed by atoms with E-state index in [1.54, 1.807) is 54.1 Å². The van der Waals surface area contributed by atoms with Gasteiger partial charge in [-0.1, -0.05) is 30.3 Å². The van der Waals surface area contributed by atoms with Crippen LogP contribution in [0.1, 0.15) is 22.8 Å². The van der Waals surface area contributed by atoms with Gasteiger partial charge in [0, 0.05) is 10.9 Å². The minimum absolute atomic E-state index is 0.367. The molecule has 26 heavy (non-hydrogen) atoms. The molecule has 3 N–H and O–H groups in total. The molecule has 1 atom stereocenters. The van der Waals surface area contributed by atoms with Crippen molar-refractivity contribution in [1.82, 2.24) is 21.1 Å². The van der Waals surface area contributed by atoms with E-state index in [-0.39, 0.29) is 6.54 Å². The van der Waals surface area contributed by atoms with Crippen molar-refractivity contribution in [2.75, 3.05) is 6.54 Å². The van der Waals surface area contributed by atoms with Crippen LogP contribution in [0.4, 0.5) is 4.79 Å². The zero-order valence-corrected chi connectivity index (χ0v) is 14.6. The Kier molecular flexibility index (Phi) is 4.72. The Morgan fingerprint density at radius 1 is 1.19 bits per heavy atom. The molecular weight excluding hydrogens is 356 g/mol. The molecule has 9 heteroatoms. The Morgan fingerprint density at radius 2 is 1.92 bits per heavy atom. The summed E-state index contributed by atoms with van der Waals surface area (Å²) in [6.07, 6.45) is 0. The molecule has 0 aliphatic carbocycles. The van der Waals surface area contributed by atoms with Gasteiger partial charge in [0.05, 0.1) is 6.54 Å². The first-order valence-electron chi connectivity index (χ1n) is 7.74. The maximum Gasteiger partial charge on any atom is 0.344 e. The number of rotatable bonds is 5. The lowest BCUT2D eigenvalue weighted by molar-refractivity contribution is -0.138. The molecule has 1 saturated heterocycles. The normalized spacial score (nSPS) is 19.2. The van der Waals surface area contributed by atoms with Crippen molar-refractivity contribution in [3.8, 4) is 0 Å². The number of carbonyl (C=O) groups is 4. The molecule has 1 aliphatic heterocycles. The molecule has 2 aromatic rings. The van der Waals surface area contributed by atoms with E-state index in [9.17, 15) is 19.2 Å². The SMILES string of the molecule is CC1(c2ccccc2)NC(=O)N(NC(=O)CNC(=O)c2ccsc2)C1=O. The van der Waals surface area contributed by atoms with Gasteiger partial charge in [-0.15, -0.1) is 0 Å². The lowest BCUT2D eigenvalue weighted by Crippen LogP contribution is -2.50. The van der Waals surface area contributed by atoms with Crippen LogP contribution in [-0.2, 0) is 15.1 Å². The van der Waals surface area contributed by atoms with Gasteiger partial charge >= 0.3 is 6.03 Å². The van der Waals surface area contributed by atoms with E-state index in [4.69, 9.17) is 0 Å². The molecule has 1 fully saturated rings. The smallest absolute Gasteiger partial charge is 0.343 e. The number of hydrogen-bond acceptors (Lipinski definition) is 5. The molecule has 2 heterocycles. The third-order valence-corrected chi connectivity index (χ3v) is 4.65. The molecule has 1 aromatic carbocycles. The van der Waals surface area contributed by atoms with Gasteiger partial charge in [-0.05, 0) is 23.9 Å². The van der Waals surface area contributed by atoms with Crippen LogP contribution in [0.25, 0.3) is 0 Å². The summed E-state index contributed by atoms with van der Waals surface area (Å²) >= 11 is 1.36. The molecule has 0 saturated carbocycles. The van der Waals surface area contributed by atoms with E-state index in [2.05, 4.69) is 16.1 Å². The molecule has 1 aromatic heterocycles. The monoisotopic (exact) mass is 372 g/mol. The third-order valence-electron chi connectivity index (χ3n) is 3.97. The summed E-state index contributed by atoms with van der Waals surface area (Å²) in [7, 11) is 0. The number of nitrogens with zero attached hydrogens (tertiary/aromatic N) is 1. The highest BCUT2D eigenvalue weighted by Gasteiger charge is 2.49. The van der Waals surface area contributed by atoms with Crippen molar-refractivity contribution in [3.05, 3.63) is 58.3 Å². The predicted octanol–water partition coefficient (Wildman–Crippen LogP) is 0.976. The Bertz CT molecular complexity index is 853. The summed E-state index contributed by atoms with van der Waals surface area (Å²) in [6.45, 7) is 1.20. The van der Waals surface area contributed by atoms with Gasteiger partial charge in [0.15, 0.2) is 0 Å². The van der Waals surface area contributed by atoms with E-state index < -0.39 is 29.3 Å². The number of hydrazine groups is 1. The van der Waals surface area contributed by atoms with Crippen LogP contribution < -0.4 is 16.1 Å². The Labute approximate surface area is 153 Å². The van der Waals surface area contributed by atoms with Crippen LogP contribution in [0, 0.1) is 0 Å². The fourth-order valence-electron chi connectivity index (χ4n) is 2.53. The van der Waals surface area contributed by atoms with Crippen LogP contribution in [0.2, 0.25) is 0 Å². The van der Waals surface area contributed by atoms with Crippen LogP contribution in [-0.4, -0.2) is 35.3 Å². The summed E-state index contributed by atoms with van der Waals surface area (Å²) < 4.78 is 0. The fraction of sp³-hybridized carbons (Fsp3) is 0.176. The highest BCUT2D eigenvalue weighted by Crippen LogP contribution is 2.27. The van der Waals surface area contributed by atoms with Crippen LogP contribution >= 0.6 is 11.3 Å². The van der Waals surface area contributed by atoms with E-state index >= 15 is 0 Å². The van der Waals surface area contributed by atoms with Crippen molar-refractivity contribution in [2.45, 2.75) is 12.5 Å². The highest BCUT2D eigenvalue weighted by molar-refractivity contribution is 7.08. The Balaban J connectivity index is 1.63. The van der Waals surface area contributed by atoms with Crippen molar-refractivity contribution in [2.24, 2.45) is 0 Å². The van der Waals surface area contributed by atoms with Crippen molar-refractivity contribution < 1.29 is 19.2 Å². The van der Waals surface area contributed by atoms with Gasteiger partial charge < -0.3 is 10.6 Å². The molecule has 134 valence electrons. The molecule has 0 radical (unpaired) electrons. The second-order valence-electron chi connectivity index (χ2n) is 5.79. The second-order valence-corrected chi connectivity index (χ2v) is 6.57. The summed E-state index contributed by atoms with van der Waals surface area (Å²) in [6, 6.07) is 9.61. The number of thiophene rings is 1.